The number of hydrogen-bond donors (Lipinski definition) is 0. The van der Waals surface area contributed by atoms with Gasteiger partial charge in [0.2, 0.25) is 5.91 Å². The summed E-state index contributed by atoms with van der Waals surface area (Å²) in [5, 5.41) is 1.27. The highest BCUT2D eigenvalue weighted by molar-refractivity contribution is 7.22. The van der Waals surface area contributed by atoms with Crippen molar-refractivity contribution in [1.82, 2.24) is 9.88 Å². The molecule has 0 saturated heterocycles. The summed E-state index contributed by atoms with van der Waals surface area (Å²) in [7, 11) is 3.97. The Bertz CT molecular complexity index is 903. The van der Waals surface area contributed by atoms with Gasteiger partial charge in [0, 0.05) is 13.1 Å². The maximum absolute atomic E-state index is 12.9. The zero-order valence-corrected chi connectivity index (χ0v) is 18.2. The average molecular weight is 440 g/mol. The van der Waals surface area contributed by atoms with Crippen molar-refractivity contribution in [3.05, 3.63) is 53.6 Å². The summed E-state index contributed by atoms with van der Waals surface area (Å²) in [6, 6.07) is 15.2. The molecule has 0 aliphatic carbocycles. The fourth-order valence-electron chi connectivity index (χ4n) is 2.55. The lowest BCUT2D eigenvalue weighted by molar-refractivity contribution is -0.119. The summed E-state index contributed by atoms with van der Waals surface area (Å²) in [5.74, 6) is 0.750. The van der Waals surface area contributed by atoms with E-state index in [0.29, 0.717) is 23.3 Å². The third kappa shape index (κ3) is 5.82. The first-order chi connectivity index (χ1) is 13.0. The number of amides is 1. The minimum Gasteiger partial charge on any atom is -0.493 e. The van der Waals surface area contributed by atoms with Crippen molar-refractivity contribution in [3.8, 4) is 5.75 Å². The van der Waals surface area contributed by atoms with E-state index in [9.17, 15) is 4.79 Å². The van der Waals surface area contributed by atoms with Gasteiger partial charge in [0.15, 0.2) is 5.13 Å². The average Bonchev–Trinajstić information content (AvgIpc) is 3.08. The normalized spacial score (nSPS) is 10.7. The number of hydrogen-bond acceptors (Lipinski definition) is 5. The van der Waals surface area contributed by atoms with Crippen LogP contribution in [0.1, 0.15) is 6.42 Å². The molecule has 8 heteroatoms. The van der Waals surface area contributed by atoms with E-state index in [-0.39, 0.29) is 24.7 Å². The van der Waals surface area contributed by atoms with E-state index in [4.69, 9.17) is 16.3 Å². The molecule has 0 radical (unpaired) electrons. The van der Waals surface area contributed by atoms with Crippen molar-refractivity contribution in [2.24, 2.45) is 0 Å². The van der Waals surface area contributed by atoms with Gasteiger partial charge in [0.1, 0.15) is 11.3 Å². The van der Waals surface area contributed by atoms with Crippen molar-refractivity contribution in [3.63, 3.8) is 0 Å². The maximum Gasteiger partial charge on any atom is 0.232 e. The standard InChI is InChI=1S/C20H22ClN3O2S.ClH/c1-23(2)12-13-24(18(25)11-14-26-15-7-4-3-5-8-15)20-22-19-16(21)9-6-10-17(19)27-20;/h3-10H,11-14H2,1-2H3;1H. The van der Waals surface area contributed by atoms with E-state index < -0.39 is 0 Å². The van der Waals surface area contributed by atoms with E-state index >= 15 is 0 Å². The molecule has 0 spiro atoms. The van der Waals surface area contributed by atoms with Crippen LogP contribution >= 0.6 is 35.3 Å². The summed E-state index contributed by atoms with van der Waals surface area (Å²) >= 11 is 7.73. The molecule has 0 atom stereocenters. The van der Waals surface area contributed by atoms with E-state index in [2.05, 4.69) is 4.98 Å². The monoisotopic (exact) mass is 439 g/mol. The van der Waals surface area contributed by atoms with Gasteiger partial charge in [-0.25, -0.2) is 4.98 Å². The number of benzene rings is 2. The van der Waals surface area contributed by atoms with Crippen LogP contribution in [-0.2, 0) is 4.79 Å². The first-order valence-corrected chi connectivity index (χ1v) is 9.92. The van der Waals surface area contributed by atoms with Gasteiger partial charge in [-0.3, -0.25) is 9.69 Å². The van der Waals surface area contributed by atoms with Gasteiger partial charge in [-0.15, -0.1) is 12.4 Å². The summed E-state index contributed by atoms with van der Waals surface area (Å²) in [5.41, 5.74) is 0.738. The summed E-state index contributed by atoms with van der Waals surface area (Å²) in [6.45, 7) is 1.64. The number of nitrogens with zero attached hydrogens (tertiary/aromatic N) is 3. The molecule has 1 amide bonds. The van der Waals surface area contributed by atoms with Crippen LogP contribution in [-0.4, -0.2) is 49.6 Å². The fraction of sp³-hybridized carbons (Fsp3) is 0.300. The molecular weight excluding hydrogens is 417 g/mol. The van der Waals surface area contributed by atoms with Crippen LogP contribution in [0.2, 0.25) is 5.02 Å². The Hall–Kier alpha value is -1.86. The van der Waals surface area contributed by atoms with Crippen LogP contribution < -0.4 is 9.64 Å². The van der Waals surface area contributed by atoms with Gasteiger partial charge in [-0.1, -0.05) is 47.2 Å². The summed E-state index contributed by atoms with van der Waals surface area (Å²) in [6.07, 6.45) is 0.284. The molecule has 1 aromatic heterocycles. The first kappa shape index (κ1) is 22.4. The molecule has 2 aromatic carbocycles. The Morgan fingerprint density at radius 2 is 1.86 bits per heavy atom. The minimum absolute atomic E-state index is 0. The van der Waals surface area contributed by atoms with Crippen LogP contribution in [0.5, 0.6) is 5.75 Å². The number of ether oxygens (including phenoxy) is 1. The van der Waals surface area contributed by atoms with Crippen molar-refractivity contribution < 1.29 is 9.53 Å². The van der Waals surface area contributed by atoms with E-state index in [1.54, 1.807) is 4.90 Å². The molecule has 5 nitrogen and oxygen atoms in total. The number of likely N-dealkylation sites (N-methyl/N-ethyl adjacent to an activating group) is 1. The largest absolute Gasteiger partial charge is 0.493 e. The highest BCUT2D eigenvalue weighted by Gasteiger charge is 2.20. The quantitative estimate of drug-likeness (QED) is 0.508. The molecule has 0 aliphatic rings. The Labute approximate surface area is 180 Å². The maximum atomic E-state index is 12.9. The second kappa shape index (κ2) is 10.6. The van der Waals surface area contributed by atoms with Gasteiger partial charge in [-0.05, 0) is 38.4 Å². The molecule has 28 heavy (non-hydrogen) atoms. The molecular formula is C20H23Cl2N3O2S. The molecule has 0 fully saturated rings. The molecule has 0 saturated carbocycles. The molecule has 3 aromatic rings. The highest BCUT2D eigenvalue weighted by Crippen LogP contribution is 2.33. The lowest BCUT2D eigenvalue weighted by atomic mass is 10.3. The van der Waals surface area contributed by atoms with E-state index in [0.717, 1.165) is 22.5 Å². The van der Waals surface area contributed by atoms with Crippen LogP contribution in [0.3, 0.4) is 0 Å². The van der Waals surface area contributed by atoms with E-state index in [1.165, 1.54) is 11.3 Å². The molecule has 0 N–H and O–H groups in total. The van der Waals surface area contributed by atoms with Crippen molar-refractivity contribution in [1.29, 1.82) is 0 Å². The number of halogens is 2. The number of anilines is 1. The van der Waals surface area contributed by atoms with Crippen LogP contribution in [0, 0.1) is 0 Å². The first-order valence-electron chi connectivity index (χ1n) is 8.72. The molecule has 0 unspecified atom stereocenters. The van der Waals surface area contributed by atoms with Crippen LogP contribution in [0.15, 0.2) is 48.5 Å². The number of rotatable bonds is 8. The Morgan fingerprint density at radius 3 is 2.54 bits per heavy atom. The van der Waals surface area contributed by atoms with Crippen LogP contribution in [0.25, 0.3) is 10.2 Å². The van der Waals surface area contributed by atoms with Crippen molar-refractivity contribution in [2.75, 3.05) is 38.7 Å². The summed E-state index contributed by atoms with van der Waals surface area (Å²) in [4.78, 5) is 21.3. The number of aromatic nitrogens is 1. The molecule has 150 valence electrons. The lowest BCUT2D eigenvalue weighted by Crippen LogP contribution is -2.37. The zero-order chi connectivity index (χ0) is 19.2. The predicted molar refractivity (Wildman–Crippen MR) is 119 cm³/mol. The van der Waals surface area contributed by atoms with Gasteiger partial charge in [-0.2, -0.15) is 0 Å². The second-order valence-electron chi connectivity index (χ2n) is 6.34. The third-order valence-corrected chi connectivity index (χ3v) is 5.34. The zero-order valence-electron chi connectivity index (χ0n) is 15.8. The molecule has 3 rings (SSSR count). The lowest BCUT2D eigenvalue weighted by Gasteiger charge is -2.22. The Morgan fingerprint density at radius 1 is 1.11 bits per heavy atom. The predicted octanol–water partition coefficient (Wildman–Crippen LogP) is 4.74. The molecule has 1 heterocycles. The smallest absolute Gasteiger partial charge is 0.232 e. The molecule has 0 aliphatic heterocycles. The number of thiazole rings is 1. The van der Waals surface area contributed by atoms with Gasteiger partial charge in [0.25, 0.3) is 0 Å². The topological polar surface area (TPSA) is 45.7 Å². The Balaban J connectivity index is 0.00000280. The van der Waals surface area contributed by atoms with Crippen molar-refractivity contribution >= 4 is 56.6 Å². The van der Waals surface area contributed by atoms with E-state index in [1.807, 2.05) is 67.5 Å². The highest BCUT2D eigenvalue weighted by atomic mass is 35.5. The Kier molecular flexibility index (Phi) is 8.51. The third-order valence-electron chi connectivity index (χ3n) is 3.99. The SMILES string of the molecule is CN(C)CCN(C(=O)CCOc1ccccc1)c1nc2c(Cl)cccc2s1.Cl. The number of fused-ring (bicyclic) bond motifs is 1. The number of carbonyl (C=O) groups excluding carboxylic acids is 1. The van der Waals surface area contributed by atoms with Crippen molar-refractivity contribution in [2.45, 2.75) is 6.42 Å². The fourth-order valence-corrected chi connectivity index (χ4v) is 3.86. The molecule has 0 bridgehead atoms. The summed E-state index contributed by atoms with van der Waals surface area (Å²) < 4.78 is 6.64. The van der Waals surface area contributed by atoms with Crippen LogP contribution in [0.4, 0.5) is 5.13 Å². The van der Waals surface area contributed by atoms with Gasteiger partial charge in [0.05, 0.1) is 22.8 Å². The second-order valence-corrected chi connectivity index (χ2v) is 7.76. The number of carbonyl (C=O) groups is 1. The number of para-hydroxylation sites is 2. The van der Waals surface area contributed by atoms with Gasteiger partial charge < -0.3 is 9.64 Å². The van der Waals surface area contributed by atoms with Gasteiger partial charge >= 0.3 is 0 Å². The minimum atomic E-state index is -0.0111.